The van der Waals surface area contributed by atoms with Crippen molar-refractivity contribution >= 4 is 39.1 Å². The number of nitrogens with zero attached hydrogens (tertiary/aromatic N) is 1. The first-order chi connectivity index (χ1) is 12.1. The molecule has 0 atom stereocenters. The van der Waals surface area contributed by atoms with E-state index in [0.717, 1.165) is 32.6 Å². The Morgan fingerprint density at radius 1 is 1.04 bits per heavy atom. The van der Waals surface area contributed by atoms with Crippen LogP contribution in [0.15, 0.2) is 60.7 Å². The van der Waals surface area contributed by atoms with Crippen molar-refractivity contribution in [1.29, 1.82) is 0 Å². The molecule has 2 heterocycles. The molecule has 0 saturated heterocycles. The number of carboxylic acid groups (broad SMARTS) is 1. The predicted molar refractivity (Wildman–Crippen MR) is 104 cm³/mol. The van der Waals surface area contributed by atoms with Gasteiger partial charge in [-0.05, 0) is 29.3 Å². The van der Waals surface area contributed by atoms with Gasteiger partial charge in [-0.15, -0.1) is 11.3 Å². The Morgan fingerprint density at radius 2 is 1.72 bits per heavy atom. The Kier molecular flexibility index (Phi) is 3.86. The van der Waals surface area contributed by atoms with Crippen LogP contribution in [-0.4, -0.2) is 15.6 Å². The molecule has 0 fully saturated rings. The summed E-state index contributed by atoms with van der Waals surface area (Å²) in [6.07, 6.45) is 0. The summed E-state index contributed by atoms with van der Waals surface area (Å²) in [5.74, 6) is -0.895. The summed E-state index contributed by atoms with van der Waals surface area (Å²) in [6, 6.07) is 19.5. The SMILES string of the molecule is Cn1c(-c2ccc(Cl)cc2)c(-c2ccccc2)c2sc(C(=O)O)cc21. The van der Waals surface area contributed by atoms with Crippen LogP contribution in [-0.2, 0) is 7.05 Å². The quantitative estimate of drug-likeness (QED) is 0.488. The molecule has 0 aliphatic rings. The van der Waals surface area contributed by atoms with Crippen LogP contribution in [0, 0.1) is 0 Å². The fourth-order valence-corrected chi connectivity index (χ4v) is 4.35. The molecule has 0 spiro atoms. The molecule has 0 saturated carbocycles. The van der Waals surface area contributed by atoms with Crippen molar-refractivity contribution in [3.8, 4) is 22.4 Å². The zero-order chi connectivity index (χ0) is 17.6. The van der Waals surface area contributed by atoms with Gasteiger partial charge in [-0.1, -0.05) is 54.1 Å². The zero-order valence-electron chi connectivity index (χ0n) is 13.4. The average Bonchev–Trinajstić information content (AvgIpc) is 3.15. The summed E-state index contributed by atoms with van der Waals surface area (Å²) >= 11 is 7.35. The number of rotatable bonds is 3. The molecule has 5 heteroatoms. The molecule has 1 N–H and O–H groups in total. The molecule has 4 rings (SSSR count). The van der Waals surface area contributed by atoms with Crippen molar-refractivity contribution in [2.75, 3.05) is 0 Å². The highest BCUT2D eigenvalue weighted by Crippen LogP contribution is 2.44. The van der Waals surface area contributed by atoms with E-state index in [2.05, 4.69) is 4.57 Å². The largest absolute Gasteiger partial charge is 0.477 e. The van der Waals surface area contributed by atoms with Gasteiger partial charge in [-0.25, -0.2) is 4.79 Å². The molecule has 0 amide bonds. The van der Waals surface area contributed by atoms with Crippen molar-refractivity contribution in [3.05, 3.63) is 70.6 Å². The van der Waals surface area contributed by atoms with Crippen LogP contribution in [0.3, 0.4) is 0 Å². The van der Waals surface area contributed by atoms with E-state index in [1.807, 2.05) is 61.6 Å². The summed E-state index contributed by atoms with van der Waals surface area (Å²) in [5.41, 5.74) is 5.15. The highest BCUT2D eigenvalue weighted by Gasteiger charge is 2.22. The lowest BCUT2D eigenvalue weighted by atomic mass is 10.0. The lowest BCUT2D eigenvalue weighted by Crippen LogP contribution is -1.94. The first-order valence-corrected chi connectivity index (χ1v) is 8.92. The number of fused-ring (bicyclic) bond motifs is 1. The Balaban J connectivity index is 2.08. The molecule has 0 bridgehead atoms. The van der Waals surface area contributed by atoms with Crippen molar-refractivity contribution in [3.63, 3.8) is 0 Å². The van der Waals surface area contributed by atoms with E-state index >= 15 is 0 Å². The van der Waals surface area contributed by atoms with E-state index in [9.17, 15) is 9.90 Å². The Hall–Kier alpha value is -2.56. The number of thiophene rings is 1. The highest BCUT2D eigenvalue weighted by atomic mass is 35.5. The lowest BCUT2D eigenvalue weighted by Gasteiger charge is -2.09. The Labute approximate surface area is 153 Å². The molecule has 25 heavy (non-hydrogen) atoms. The van der Waals surface area contributed by atoms with Crippen molar-refractivity contribution in [1.82, 2.24) is 4.57 Å². The predicted octanol–water partition coefficient (Wildman–Crippen LogP) is 5.93. The van der Waals surface area contributed by atoms with Crippen LogP contribution in [0.25, 0.3) is 32.6 Å². The number of benzene rings is 2. The first kappa shape index (κ1) is 15.9. The number of carbonyl (C=O) groups is 1. The molecule has 124 valence electrons. The minimum Gasteiger partial charge on any atom is -0.477 e. The maximum Gasteiger partial charge on any atom is 0.345 e. The third-order valence-corrected chi connectivity index (χ3v) is 5.65. The first-order valence-electron chi connectivity index (χ1n) is 7.73. The monoisotopic (exact) mass is 367 g/mol. The maximum atomic E-state index is 11.4. The molecule has 0 unspecified atom stereocenters. The number of halogens is 1. The lowest BCUT2D eigenvalue weighted by molar-refractivity contribution is 0.0702. The van der Waals surface area contributed by atoms with E-state index in [1.54, 1.807) is 6.07 Å². The second-order valence-electron chi connectivity index (χ2n) is 5.79. The number of aromatic nitrogens is 1. The molecule has 2 aromatic carbocycles. The average molecular weight is 368 g/mol. The summed E-state index contributed by atoms with van der Waals surface area (Å²) in [4.78, 5) is 11.8. The third-order valence-electron chi connectivity index (χ3n) is 4.26. The van der Waals surface area contributed by atoms with Gasteiger partial charge >= 0.3 is 5.97 Å². The summed E-state index contributed by atoms with van der Waals surface area (Å²) in [7, 11) is 1.97. The van der Waals surface area contributed by atoms with Gasteiger partial charge in [-0.2, -0.15) is 0 Å². The molecular formula is C20H14ClNO2S. The van der Waals surface area contributed by atoms with Gasteiger partial charge in [0.1, 0.15) is 4.88 Å². The fraction of sp³-hybridized carbons (Fsp3) is 0.0500. The van der Waals surface area contributed by atoms with Crippen molar-refractivity contribution in [2.24, 2.45) is 7.05 Å². The topological polar surface area (TPSA) is 42.2 Å². The van der Waals surface area contributed by atoms with Gasteiger partial charge in [-0.3, -0.25) is 0 Å². The third kappa shape index (κ3) is 2.64. The zero-order valence-corrected chi connectivity index (χ0v) is 14.9. The van der Waals surface area contributed by atoms with Crippen LogP contribution in [0.2, 0.25) is 5.02 Å². The highest BCUT2D eigenvalue weighted by molar-refractivity contribution is 7.21. The standard InChI is InChI=1S/C20H14ClNO2S/c1-22-15-11-16(20(23)24)25-19(15)17(12-5-3-2-4-6-12)18(22)13-7-9-14(21)10-8-13/h2-11H,1H3,(H,23,24). The van der Waals surface area contributed by atoms with Gasteiger partial charge in [0.2, 0.25) is 0 Å². The van der Waals surface area contributed by atoms with Gasteiger partial charge in [0.05, 0.1) is 15.9 Å². The molecule has 0 aliphatic carbocycles. The van der Waals surface area contributed by atoms with Gasteiger partial charge in [0.25, 0.3) is 0 Å². The van der Waals surface area contributed by atoms with Gasteiger partial charge in [0.15, 0.2) is 0 Å². The molecule has 2 aromatic heterocycles. The van der Waals surface area contributed by atoms with Gasteiger partial charge < -0.3 is 9.67 Å². The minimum atomic E-state index is -0.895. The molecule has 4 aromatic rings. The maximum absolute atomic E-state index is 11.4. The number of hydrogen-bond donors (Lipinski definition) is 1. The van der Waals surface area contributed by atoms with E-state index in [0.29, 0.717) is 9.90 Å². The van der Waals surface area contributed by atoms with Crippen LogP contribution in [0.4, 0.5) is 0 Å². The van der Waals surface area contributed by atoms with Crippen molar-refractivity contribution < 1.29 is 9.90 Å². The summed E-state index contributed by atoms with van der Waals surface area (Å²) in [6.45, 7) is 0. The fourth-order valence-electron chi connectivity index (χ4n) is 3.13. The Morgan fingerprint density at radius 3 is 2.36 bits per heavy atom. The van der Waals surface area contributed by atoms with E-state index in [-0.39, 0.29) is 0 Å². The second kappa shape index (κ2) is 6.06. The van der Waals surface area contributed by atoms with E-state index in [1.165, 1.54) is 11.3 Å². The number of carboxylic acids is 1. The smallest absolute Gasteiger partial charge is 0.345 e. The second-order valence-corrected chi connectivity index (χ2v) is 7.27. The van der Waals surface area contributed by atoms with Crippen molar-refractivity contribution in [2.45, 2.75) is 0 Å². The van der Waals surface area contributed by atoms with Crippen LogP contribution >= 0.6 is 22.9 Å². The summed E-state index contributed by atoms with van der Waals surface area (Å²) < 4.78 is 3.04. The van der Waals surface area contributed by atoms with Crippen LogP contribution in [0.5, 0.6) is 0 Å². The van der Waals surface area contributed by atoms with Crippen LogP contribution < -0.4 is 0 Å². The number of hydrogen-bond acceptors (Lipinski definition) is 2. The molecule has 0 radical (unpaired) electrons. The Bertz CT molecular complexity index is 1080. The summed E-state index contributed by atoms with van der Waals surface area (Å²) in [5, 5.41) is 10.0. The van der Waals surface area contributed by atoms with Gasteiger partial charge in [0, 0.05) is 17.6 Å². The van der Waals surface area contributed by atoms with E-state index in [4.69, 9.17) is 11.6 Å². The minimum absolute atomic E-state index is 0.348. The number of aromatic carboxylic acids is 1. The molecular weight excluding hydrogens is 354 g/mol. The van der Waals surface area contributed by atoms with Crippen LogP contribution in [0.1, 0.15) is 9.67 Å². The molecule has 3 nitrogen and oxygen atoms in total. The normalized spacial score (nSPS) is 11.1. The van der Waals surface area contributed by atoms with E-state index < -0.39 is 5.97 Å². The molecule has 0 aliphatic heterocycles. The number of aryl methyl sites for hydroxylation is 1.